The van der Waals surface area contributed by atoms with Gasteiger partial charge in [0.15, 0.2) is 11.5 Å². The lowest BCUT2D eigenvalue weighted by Gasteiger charge is -2.29. The zero-order valence-corrected chi connectivity index (χ0v) is 25.3. The van der Waals surface area contributed by atoms with Crippen molar-refractivity contribution >= 4 is 5.69 Å². The summed E-state index contributed by atoms with van der Waals surface area (Å²) >= 11 is 0. The largest absolute Gasteiger partial charge is 0.508 e. The molecule has 1 aliphatic carbocycles. The molecule has 0 aromatic heterocycles. The Balaban J connectivity index is 1.24. The van der Waals surface area contributed by atoms with Gasteiger partial charge in [0.2, 0.25) is 0 Å². The third-order valence-corrected chi connectivity index (χ3v) is 9.05. The van der Waals surface area contributed by atoms with Crippen LogP contribution < -0.4 is 14.8 Å². The number of aryl methyl sites for hydroxylation is 1. The standard InChI is InChI=1S/C36H48N2O3/c1-26(21-28-11-9-27(10-12-28)17-20-38-18-7-5-4-6-8-19-38)37-34-25-36(41-3)35(40-2)24-33(34)31-14-13-30-23-32(39)16-15-29(30)22-31/h9-12,15-16,23-26,31,37,39H,4-8,13-14,17-22H2,1-3H3. The highest BCUT2D eigenvalue weighted by atomic mass is 16.5. The summed E-state index contributed by atoms with van der Waals surface area (Å²) in [5.74, 6) is 2.24. The molecule has 0 spiro atoms. The number of benzene rings is 3. The lowest BCUT2D eigenvalue weighted by Crippen LogP contribution is -2.29. The molecule has 1 aliphatic heterocycles. The molecule has 1 heterocycles. The number of methoxy groups -OCH3 is 2. The van der Waals surface area contributed by atoms with Crippen LogP contribution in [0.4, 0.5) is 5.69 Å². The molecule has 5 heteroatoms. The number of phenolic OH excluding ortho intramolecular Hbond substituents is 1. The van der Waals surface area contributed by atoms with E-state index in [9.17, 15) is 5.11 Å². The Morgan fingerprint density at radius 1 is 0.854 bits per heavy atom. The number of ether oxygens (including phenoxy) is 2. The molecule has 0 bridgehead atoms. The molecule has 2 aliphatic rings. The van der Waals surface area contributed by atoms with Gasteiger partial charge in [0.05, 0.1) is 14.2 Å². The molecule has 2 N–H and O–H groups in total. The highest BCUT2D eigenvalue weighted by Gasteiger charge is 2.25. The Bertz CT molecular complexity index is 1260. The molecular formula is C36H48N2O3. The number of likely N-dealkylation sites (tertiary alicyclic amines) is 1. The van der Waals surface area contributed by atoms with Crippen molar-refractivity contribution in [3.63, 3.8) is 0 Å². The summed E-state index contributed by atoms with van der Waals surface area (Å²) in [6.45, 7) is 5.95. The molecule has 220 valence electrons. The number of hydrogen-bond acceptors (Lipinski definition) is 5. The first-order chi connectivity index (χ1) is 20.0. The topological polar surface area (TPSA) is 54.0 Å². The van der Waals surface area contributed by atoms with Gasteiger partial charge in [0, 0.05) is 24.3 Å². The van der Waals surface area contributed by atoms with E-state index in [4.69, 9.17) is 9.47 Å². The van der Waals surface area contributed by atoms with Gasteiger partial charge in [0.25, 0.3) is 0 Å². The lowest BCUT2D eigenvalue weighted by molar-refractivity contribution is 0.250. The second kappa shape index (κ2) is 14.1. The molecule has 3 aromatic carbocycles. The van der Waals surface area contributed by atoms with Crippen LogP contribution in [0, 0.1) is 0 Å². The van der Waals surface area contributed by atoms with Gasteiger partial charge in [-0.05, 0) is 117 Å². The maximum atomic E-state index is 9.93. The van der Waals surface area contributed by atoms with E-state index in [0.29, 0.717) is 11.7 Å². The first kappa shape index (κ1) is 29.3. The molecular weight excluding hydrogens is 508 g/mol. The number of nitrogens with one attached hydrogen (secondary N) is 1. The van der Waals surface area contributed by atoms with Gasteiger partial charge in [-0.3, -0.25) is 0 Å². The molecule has 3 aromatic rings. The van der Waals surface area contributed by atoms with E-state index in [1.807, 2.05) is 6.07 Å². The fourth-order valence-corrected chi connectivity index (χ4v) is 6.70. The number of hydrogen-bond donors (Lipinski definition) is 2. The van der Waals surface area contributed by atoms with Gasteiger partial charge >= 0.3 is 0 Å². The van der Waals surface area contributed by atoms with Gasteiger partial charge in [-0.2, -0.15) is 0 Å². The van der Waals surface area contributed by atoms with Crippen LogP contribution in [0.2, 0.25) is 0 Å². The van der Waals surface area contributed by atoms with Crippen LogP contribution in [0.25, 0.3) is 0 Å². The van der Waals surface area contributed by atoms with Gasteiger partial charge in [-0.15, -0.1) is 0 Å². The van der Waals surface area contributed by atoms with E-state index >= 15 is 0 Å². The minimum Gasteiger partial charge on any atom is -0.508 e. The molecule has 0 saturated carbocycles. The number of fused-ring (bicyclic) bond motifs is 1. The van der Waals surface area contributed by atoms with Crippen molar-refractivity contribution in [1.29, 1.82) is 0 Å². The number of phenols is 1. The summed E-state index contributed by atoms with van der Waals surface area (Å²) in [4.78, 5) is 2.66. The molecule has 5 rings (SSSR count). The first-order valence-electron chi connectivity index (χ1n) is 15.7. The van der Waals surface area contributed by atoms with Crippen molar-refractivity contribution in [2.45, 2.75) is 83.1 Å². The maximum absolute atomic E-state index is 9.93. The zero-order valence-electron chi connectivity index (χ0n) is 25.3. The van der Waals surface area contributed by atoms with E-state index in [1.54, 1.807) is 20.3 Å². The molecule has 1 saturated heterocycles. The third-order valence-electron chi connectivity index (χ3n) is 9.05. The van der Waals surface area contributed by atoms with Crippen LogP contribution in [-0.2, 0) is 25.7 Å². The minimum atomic E-state index is 0.256. The average Bonchev–Trinajstić information content (AvgIpc) is 2.97. The summed E-state index contributed by atoms with van der Waals surface area (Å²) in [7, 11) is 3.40. The number of nitrogens with zero attached hydrogens (tertiary/aromatic N) is 1. The summed E-state index contributed by atoms with van der Waals surface area (Å²) in [5.41, 5.74) is 7.76. The number of rotatable bonds is 10. The van der Waals surface area contributed by atoms with E-state index in [-0.39, 0.29) is 6.04 Å². The fourth-order valence-electron chi connectivity index (χ4n) is 6.70. The van der Waals surface area contributed by atoms with Crippen molar-refractivity contribution in [2.75, 3.05) is 39.2 Å². The predicted molar refractivity (Wildman–Crippen MR) is 169 cm³/mol. The first-order valence-corrected chi connectivity index (χ1v) is 15.7. The second-order valence-electron chi connectivity index (χ2n) is 12.1. The molecule has 5 nitrogen and oxygen atoms in total. The van der Waals surface area contributed by atoms with Gasteiger partial charge < -0.3 is 24.8 Å². The highest BCUT2D eigenvalue weighted by molar-refractivity contribution is 5.63. The Morgan fingerprint density at radius 2 is 1.54 bits per heavy atom. The average molecular weight is 557 g/mol. The van der Waals surface area contributed by atoms with Crippen LogP contribution >= 0.6 is 0 Å². The zero-order chi connectivity index (χ0) is 28.6. The van der Waals surface area contributed by atoms with Crippen LogP contribution in [0.15, 0.2) is 54.6 Å². The van der Waals surface area contributed by atoms with Crippen molar-refractivity contribution in [3.05, 3.63) is 82.4 Å². The molecule has 41 heavy (non-hydrogen) atoms. The quantitative estimate of drug-likeness (QED) is 0.270. The Kier molecular flexibility index (Phi) is 10.1. The minimum absolute atomic E-state index is 0.256. The van der Waals surface area contributed by atoms with E-state index in [2.05, 4.69) is 59.6 Å². The molecule has 2 atom stereocenters. The van der Waals surface area contributed by atoms with Crippen molar-refractivity contribution in [2.24, 2.45) is 0 Å². The molecule has 2 unspecified atom stereocenters. The van der Waals surface area contributed by atoms with Crippen molar-refractivity contribution < 1.29 is 14.6 Å². The van der Waals surface area contributed by atoms with Gasteiger partial charge in [-0.25, -0.2) is 0 Å². The molecule has 1 fully saturated rings. The Labute approximate surface area is 246 Å². The van der Waals surface area contributed by atoms with Crippen LogP contribution in [0.1, 0.15) is 79.2 Å². The second-order valence-corrected chi connectivity index (χ2v) is 12.1. The molecule has 0 amide bonds. The van der Waals surface area contributed by atoms with Gasteiger partial charge in [-0.1, -0.05) is 49.6 Å². The number of aromatic hydroxyl groups is 1. The van der Waals surface area contributed by atoms with E-state index in [0.717, 1.165) is 49.3 Å². The van der Waals surface area contributed by atoms with Crippen LogP contribution in [0.5, 0.6) is 17.2 Å². The fraction of sp³-hybridized carbons (Fsp3) is 0.500. The Hall–Kier alpha value is -3.18. The lowest BCUT2D eigenvalue weighted by atomic mass is 9.79. The van der Waals surface area contributed by atoms with Crippen LogP contribution in [-0.4, -0.2) is 49.9 Å². The SMILES string of the molecule is COc1cc(NC(C)Cc2ccc(CCN3CCCCCCC3)cc2)c(C2CCc3cc(O)ccc3C2)cc1OC. The summed E-state index contributed by atoms with van der Waals surface area (Å²) in [6.07, 6.45) is 11.9. The normalized spacial score (nSPS) is 18.6. The van der Waals surface area contributed by atoms with Crippen molar-refractivity contribution in [3.8, 4) is 17.2 Å². The summed E-state index contributed by atoms with van der Waals surface area (Å²) in [5, 5.41) is 13.8. The maximum Gasteiger partial charge on any atom is 0.162 e. The van der Waals surface area contributed by atoms with E-state index in [1.165, 1.54) is 79.6 Å². The highest BCUT2D eigenvalue weighted by Crippen LogP contribution is 2.42. The van der Waals surface area contributed by atoms with E-state index < -0.39 is 0 Å². The number of anilines is 1. The molecule has 0 radical (unpaired) electrons. The summed E-state index contributed by atoms with van der Waals surface area (Å²) in [6, 6.07) is 19.6. The monoisotopic (exact) mass is 556 g/mol. The Morgan fingerprint density at radius 3 is 2.27 bits per heavy atom. The van der Waals surface area contributed by atoms with Crippen LogP contribution in [0.3, 0.4) is 0 Å². The van der Waals surface area contributed by atoms with Crippen molar-refractivity contribution in [1.82, 2.24) is 4.90 Å². The van der Waals surface area contributed by atoms with Gasteiger partial charge in [0.1, 0.15) is 5.75 Å². The smallest absolute Gasteiger partial charge is 0.162 e. The third kappa shape index (κ3) is 7.77. The predicted octanol–water partition coefficient (Wildman–Crippen LogP) is 7.53. The summed E-state index contributed by atoms with van der Waals surface area (Å²) < 4.78 is 11.4.